The van der Waals surface area contributed by atoms with Crippen molar-refractivity contribution in [1.82, 2.24) is 20.4 Å². The molecule has 0 spiro atoms. The molecule has 1 N–H and O–H groups in total. The van der Waals surface area contributed by atoms with E-state index in [9.17, 15) is 0 Å². The van der Waals surface area contributed by atoms with Gasteiger partial charge in [0.2, 0.25) is 5.89 Å². The fraction of sp³-hybridized carbons (Fsp3) is 0.389. The van der Waals surface area contributed by atoms with Crippen molar-refractivity contribution in [3.05, 3.63) is 57.6 Å². The molecule has 0 amide bonds. The van der Waals surface area contributed by atoms with Crippen LogP contribution in [-0.4, -0.2) is 28.2 Å². The zero-order valence-electron chi connectivity index (χ0n) is 15.1. The minimum atomic E-state index is 0. The predicted molar refractivity (Wildman–Crippen MR) is 104 cm³/mol. The molecule has 6 nitrogen and oxygen atoms in total. The summed E-state index contributed by atoms with van der Waals surface area (Å²) in [6.45, 7) is 4.60. The fourth-order valence-electron chi connectivity index (χ4n) is 2.25. The Morgan fingerprint density at radius 3 is 2.73 bits per heavy atom. The Morgan fingerprint density at radius 1 is 1.23 bits per heavy atom. The quantitative estimate of drug-likeness (QED) is 0.629. The Labute approximate surface area is 163 Å². The number of likely N-dealkylation sites (N-methyl/N-ethyl adjacent to an activating group) is 1. The molecule has 0 aliphatic heterocycles. The molecule has 2 heterocycles. The number of benzene rings is 1. The van der Waals surface area contributed by atoms with Gasteiger partial charge in [0, 0.05) is 17.8 Å². The van der Waals surface area contributed by atoms with E-state index in [1.807, 2.05) is 36.7 Å². The van der Waals surface area contributed by atoms with Gasteiger partial charge in [0.15, 0.2) is 5.82 Å². The molecular formula is C18H23ClN4O2S. The molecule has 3 rings (SSSR count). The van der Waals surface area contributed by atoms with Gasteiger partial charge >= 0.3 is 0 Å². The number of thiazole rings is 1. The summed E-state index contributed by atoms with van der Waals surface area (Å²) in [5.74, 6) is 2.16. The average Bonchev–Trinajstić information content (AvgIpc) is 3.24. The summed E-state index contributed by atoms with van der Waals surface area (Å²) in [6, 6.07) is 8.32. The maximum atomic E-state index is 5.76. The number of ether oxygens (including phenoxy) is 1. The van der Waals surface area contributed by atoms with Crippen molar-refractivity contribution in [1.29, 1.82) is 0 Å². The summed E-state index contributed by atoms with van der Waals surface area (Å²) in [5, 5.41) is 10.1. The largest absolute Gasteiger partial charge is 0.486 e. The SMILES string of the molecule is CNC(C)Cc1noc(Cc2csc(COc3ccc(C)cc3)n2)n1.Cl. The molecule has 140 valence electrons. The molecule has 0 bridgehead atoms. The third-order valence-corrected chi connectivity index (χ3v) is 4.68. The lowest BCUT2D eigenvalue weighted by Crippen LogP contribution is -2.24. The van der Waals surface area contributed by atoms with E-state index in [1.54, 1.807) is 11.3 Å². The summed E-state index contributed by atoms with van der Waals surface area (Å²) >= 11 is 1.58. The van der Waals surface area contributed by atoms with Crippen LogP contribution in [0.25, 0.3) is 0 Å². The van der Waals surface area contributed by atoms with Crippen LogP contribution in [-0.2, 0) is 19.4 Å². The van der Waals surface area contributed by atoms with Gasteiger partial charge in [0.25, 0.3) is 0 Å². The van der Waals surface area contributed by atoms with Crippen molar-refractivity contribution in [3.63, 3.8) is 0 Å². The van der Waals surface area contributed by atoms with Gasteiger partial charge in [-0.25, -0.2) is 4.98 Å². The first-order valence-electron chi connectivity index (χ1n) is 8.24. The molecule has 2 aromatic heterocycles. The molecule has 0 aliphatic carbocycles. The minimum absolute atomic E-state index is 0. The van der Waals surface area contributed by atoms with Gasteiger partial charge in [0.1, 0.15) is 17.4 Å². The van der Waals surface area contributed by atoms with Crippen LogP contribution in [0.1, 0.15) is 34.9 Å². The highest BCUT2D eigenvalue weighted by molar-refractivity contribution is 7.09. The molecule has 0 saturated heterocycles. The van der Waals surface area contributed by atoms with E-state index >= 15 is 0 Å². The lowest BCUT2D eigenvalue weighted by atomic mass is 10.2. The summed E-state index contributed by atoms with van der Waals surface area (Å²) < 4.78 is 11.1. The first kappa shape index (κ1) is 20.4. The van der Waals surface area contributed by atoms with Crippen molar-refractivity contribution in [3.8, 4) is 5.75 Å². The average molecular weight is 395 g/mol. The van der Waals surface area contributed by atoms with Crippen LogP contribution in [0.3, 0.4) is 0 Å². The second-order valence-electron chi connectivity index (χ2n) is 6.01. The Balaban J connectivity index is 0.00000243. The van der Waals surface area contributed by atoms with Crippen molar-refractivity contribution in [2.45, 2.75) is 39.3 Å². The van der Waals surface area contributed by atoms with Gasteiger partial charge in [-0.3, -0.25) is 0 Å². The van der Waals surface area contributed by atoms with E-state index in [0.29, 0.717) is 25.0 Å². The first-order valence-corrected chi connectivity index (χ1v) is 9.12. The molecular weight excluding hydrogens is 372 g/mol. The van der Waals surface area contributed by atoms with E-state index in [0.717, 1.165) is 28.7 Å². The van der Waals surface area contributed by atoms with E-state index in [4.69, 9.17) is 9.26 Å². The number of aromatic nitrogens is 3. The monoisotopic (exact) mass is 394 g/mol. The van der Waals surface area contributed by atoms with Crippen LogP contribution in [0.5, 0.6) is 5.75 Å². The van der Waals surface area contributed by atoms with Crippen LogP contribution >= 0.6 is 23.7 Å². The van der Waals surface area contributed by atoms with Gasteiger partial charge in [-0.1, -0.05) is 22.9 Å². The van der Waals surface area contributed by atoms with Crippen LogP contribution in [0.2, 0.25) is 0 Å². The van der Waals surface area contributed by atoms with Crippen LogP contribution in [0.15, 0.2) is 34.2 Å². The molecule has 0 fully saturated rings. The second-order valence-corrected chi connectivity index (χ2v) is 6.95. The normalized spacial score (nSPS) is 11.8. The van der Waals surface area contributed by atoms with Crippen molar-refractivity contribution in [2.75, 3.05) is 7.05 Å². The number of hydrogen-bond acceptors (Lipinski definition) is 7. The van der Waals surface area contributed by atoms with E-state index in [-0.39, 0.29) is 12.4 Å². The van der Waals surface area contributed by atoms with Gasteiger partial charge in [-0.05, 0) is 33.0 Å². The molecule has 0 aliphatic rings. The van der Waals surface area contributed by atoms with Crippen molar-refractivity contribution >= 4 is 23.7 Å². The van der Waals surface area contributed by atoms with E-state index < -0.39 is 0 Å². The summed E-state index contributed by atoms with van der Waals surface area (Å²) in [6.07, 6.45) is 1.29. The summed E-state index contributed by atoms with van der Waals surface area (Å²) in [4.78, 5) is 9.00. The molecule has 3 aromatic rings. The Morgan fingerprint density at radius 2 is 2.00 bits per heavy atom. The zero-order chi connectivity index (χ0) is 17.6. The molecule has 1 unspecified atom stereocenters. The molecule has 0 saturated carbocycles. The topological polar surface area (TPSA) is 73.1 Å². The third-order valence-electron chi connectivity index (χ3n) is 3.81. The molecule has 1 atom stereocenters. The number of nitrogens with one attached hydrogen (secondary N) is 1. The zero-order valence-corrected chi connectivity index (χ0v) is 16.7. The number of nitrogens with zero attached hydrogens (tertiary/aromatic N) is 3. The Bertz CT molecular complexity index is 804. The number of rotatable bonds is 8. The van der Waals surface area contributed by atoms with Gasteiger partial charge in [-0.15, -0.1) is 23.7 Å². The van der Waals surface area contributed by atoms with Crippen LogP contribution in [0.4, 0.5) is 0 Å². The van der Waals surface area contributed by atoms with Crippen LogP contribution in [0, 0.1) is 6.92 Å². The highest BCUT2D eigenvalue weighted by Gasteiger charge is 2.12. The Hall–Kier alpha value is -1.96. The van der Waals surface area contributed by atoms with E-state index in [2.05, 4.69) is 34.3 Å². The molecule has 0 radical (unpaired) electrons. The minimum Gasteiger partial charge on any atom is -0.486 e. The summed E-state index contributed by atoms with van der Waals surface area (Å²) in [5.41, 5.74) is 2.14. The lowest BCUT2D eigenvalue weighted by molar-refractivity contribution is 0.305. The molecule has 26 heavy (non-hydrogen) atoms. The highest BCUT2D eigenvalue weighted by Crippen LogP contribution is 2.17. The van der Waals surface area contributed by atoms with Crippen molar-refractivity contribution < 1.29 is 9.26 Å². The molecule has 1 aromatic carbocycles. The van der Waals surface area contributed by atoms with Gasteiger partial charge < -0.3 is 14.6 Å². The Kier molecular flexibility index (Phi) is 7.56. The number of halogens is 1. The fourth-order valence-corrected chi connectivity index (χ4v) is 2.96. The standard InChI is InChI=1S/C18H22N4O2S.ClH/c1-12-4-6-15(7-5-12)23-10-18-20-14(11-25-18)9-17-21-16(22-24-17)8-13(2)19-3;/h4-7,11,13,19H,8-10H2,1-3H3;1H. The molecule has 8 heteroatoms. The smallest absolute Gasteiger partial charge is 0.232 e. The predicted octanol–water partition coefficient (Wildman–Crippen LogP) is 3.58. The number of aryl methyl sites for hydroxylation is 1. The summed E-state index contributed by atoms with van der Waals surface area (Å²) in [7, 11) is 1.92. The third kappa shape index (κ3) is 5.79. The van der Waals surface area contributed by atoms with Crippen LogP contribution < -0.4 is 10.1 Å². The van der Waals surface area contributed by atoms with E-state index in [1.165, 1.54) is 5.56 Å². The first-order chi connectivity index (χ1) is 12.1. The lowest BCUT2D eigenvalue weighted by Gasteiger charge is -2.04. The second kappa shape index (κ2) is 9.66. The number of hydrogen-bond donors (Lipinski definition) is 1. The maximum Gasteiger partial charge on any atom is 0.232 e. The highest BCUT2D eigenvalue weighted by atomic mass is 35.5. The van der Waals surface area contributed by atoms with Gasteiger partial charge in [0.05, 0.1) is 12.1 Å². The van der Waals surface area contributed by atoms with Crippen molar-refractivity contribution in [2.24, 2.45) is 0 Å². The van der Waals surface area contributed by atoms with Gasteiger partial charge in [-0.2, -0.15) is 4.98 Å². The maximum absolute atomic E-state index is 5.76.